The Kier molecular flexibility index (Phi) is 5.93. The Morgan fingerprint density at radius 3 is 2.35 bits per heavy atom. The van der Waals surface area contributed by atoms with E-state index in [1.165, 1.54) is 11.3 Å². The van der Waals surface area contributed by atoms with Crippen LogP contribution in [0.5, 0.6) is 0 Å². The summed E-state index contributed by atoms with van der Waals surface area (Å²) in [4.78, 5) is 24.8. The third-order valence-corrected chi connectivity index (χ3v) is 4.46. The Bertz CT molecular complexity index is 675. The molecule has 0 aliphatic carbocycles. The summed E-state index contributed by atoms with van der Waals surface area (Å²) in [5.74, 6) is 0.207. The molecule has 0 aliphatic rings. The minimum Gasteiger partial charge on any atom is -0.352 e. The molecule has 1 aromatic heterocycles. The molecule has 0 aliphatic heterocycles. The van der Waals surface area contributed by atoms with Crippen LogP contribution in [0.1, 0.15) is 57.8 Å². The summed E-state index contributed by atoms with van der Waals surface area (Å²) < 4.78 is 0. The topological polar surface area (TPSA) is 58.2 Å². The van der Waals surface area contributed by atoms with Crippen molar-refractivity contribution in [2.24, 2.45) is 0 Å². The Hall–Kier alpha value is -2.14. The molecule has 122 valence electrons. The molecule has 2 aromatic rings. The third kappa shape index (κ3) is 4.42. The summed E-state index contributed by atoms with van der Waals surface area (Å²) >= 11 is 1.47. The van der Waals surface area contributed by atoms with E-state index >= 15 is 0 Å². The normalized spacial score (nSPS) is 10.6. The van der Waals surface area contributed by atoms with Crippen molar-refractivity contribution in [3.8, 4) is 0 Å². The first-order chi connectivity index (χ1) is 11.0. The molecule has 0 saturated carbocycles. The van der Waals surface area contributed by atoms with Crippen molar-refractivity contribution in [1.82, 2.24) is 10.6 Å². The van der Waals surface area contributed by atoms with Crippen LogP contribution in [-0.4, -0.2) is 18.4 Å². The van der Waals surface area contributed by atoms with E-state index in [0.29, 0.717) is 24.6 Å². The molecule has 0 saturated heterocycles. The largest absolute Gasteiger partial charge is 0.352 e. The zero-order valence-corrected chi connectivity index (χ0v) is 14.5. The molecule has 0 unspecified atom stereocenters. The molecule has 0 bridgehead atoms. The summed E-state index contributed by atoms with van der Waals surface area (Å²) in [5.41, 5.74) is 2.68. The number of rotatable bonds is 6. The Morgan fingerprint density at radius 2 is 1.74 bits per heavy atom. The van der Waals surface area contributed by atoms with E-state index in [1.807, 2.05) is 30.5 Å². The van der Waals surface area contributed by atoms with Crippen LogP contribution >= 0.6 is 11.3 Å². The van der Waals surface area contributed by atoms with Crippen molar-refractivity contribution in [3.63, 3.8) is 0 Å². The molecule has 4 nitrogen and oxygen atoms in total. The zero-order chi connectivity index (χ0) is 16.8. The number of hydrogen-bond donors (Lipinski definition) is 2. The van der Waals surface area contributed by atoms with E-state index in [2.05, 4.69) is 24.5 Å². The van der Waals surface area contributed by atoms with Gasteiger partial charge < -0.3 is 10.6 Å². The van der Waals surface area contributed by atoms with Crippen LogP contribution in [0.2, 0.25) is 0 Å². The molecule has 1 aromatic carbocycles. The summed E-state index contributed by atoms with van der Waals surface area (Å²) in [7, 11) is 0. The van der Waals surface area contributed by atoms with Crippen molar-refractivity contribution in [2.75, 3.05) is 6.54 Å². The first-order valence-electron chi connectivity index (χ1n) is 7.75. The highest BCUT2D eigenvalue weighted by Gasteiger charge is 2.15. The van der Waals surface area contributed by atoms with Gasteiger partial charge in [0.15, 0.2) is 0 Å². The van der Waals surface area contributed by atoms with Crippen LogP contribution in [0.25, 0.3) is 0 Å². The molecular formula is C18H22N2O2S. The lowest BCUT2D eigenvalue weighted by Gasteiger charge is -2.09. The summed E-state index contributed by atoms with van der Waals surface area (Å²) in [6.45, 7) is 7.11. The quantitative estimate of drug-likeness (QED) is 0.851. The Labute approximate surface area is 140 Å². The highest BCUT2D eigenvalue weighted by Crippen LogP contribution is 2.24. The van der Waals surface area contributed by atoms with Crippen molar-refractivity contribution in [3.05, 3.63) is 57.3 Å². The van der Waals surface area contributed by atoms with Crippen LogP contribution in [-0.2, 0) is 6.54 Å². The highest BCUT2D eigenvalue weighted by molar-refractivity contribution is 7.12. The predicted octanol–water partition coefficient (Wildman–Crippen LogP) is 3.55. The van der Waals surface area contributed by atoms with Crippen LogP contribution in [0, 0.1) is 0 Å². The van der Waals surface area contributed by atoms with E-state index in [4.69, 9.17) is 0 Å². The number of hydrogen-bond acceptors (Lipinski definition) is 3. The van der Waals surface area contributed by atoms with Crippen molar-refractivity contribution >= 4 is 23.2 Å². The Morgan fingerprint density at radius 1 is 1.04 bits per heavy atom. The molecule has 0 spiro atoms. The highest BCUT2D eigenvalue weighted by atomic mass is 32.1. The van der Waals surface area contributed by atoms with E-state index in [9.17, 15) is 9.59 Å². The number of carbonyl (C=O) groups is 2. The SMILES string of the molecule is CCNC(=O)c1ccc(CNC(=O)c2sccc2C(C)C)cc1. The van der Waals surface area contributed by atoms with Gasteiger partial charge in [-0.05, 0) is 47.5 Å². The van der Waals surface area contributed by atoms with E-state index in [-0.39, 0.29) is 11.8 Å². The predicted molar refractivity (Wildman–Crippen MR) is 94.0 cm³/mol. The fourth-order valence-electron chi connectivity index (χ4n) is 2.26. The van der Waals surface area contributed by atoms with E-state index in [0.717, 1.165) is 16.0 Å². The third-order valence-electron chi connectivity index (χ3n) is 3.53. The number of benzene rings is 1. The average molecular weight is 330 g/mol. The van der Waals surface area contributed by atoms with Gasteiger partial charge in [0.1, 0.15) is 0 Å². The second kappa shape index (κ2) is 7.92. The first-order valence-corrected chi connectivity index (χ1v) is 8.63. The fourth-order valence-corrected chi connectivity index (χ4v) is 3.23. The van der Waals surface area contributed by atoms with Crippen LogP contribution in [0.3, 0.4) is 0 Å². The van der Waals surface area contributed by atoms with Gasteiger partial charge in [-0.3, -0.25) is 9.59 Å². The molecule has 5 heteroatoms. The molecule has 23 heavy (non-hydrogen) atoms. The van der Waals surface area contributed by atoms with Gasteiger partial charge >= 0.3 is 0 Å². The molecule has 1 heterocycles. The van der Waals surface area contributed by atoms with Crippen LogP contribution < -0.4 is 10.6 Å². The number of amides is 2. The fraction of sp³-hybridized carbons (Fsp3) is 0.333. The second-order valence-corrected chi connectivity index (χ2v) is 6.51. The molecular weight excluding hydrogens is 308 g/mol. The number of thiophene rings is 1. The first kappa shape index (κ1) is 17.2. The summed E-state index contributed by atoms with van der Waals surface area (Å²) in [6.07, 6.45) is 0. The van der Waals surface area contributed by atoms with Gasteiger partial charge in [-0.15, -0.1) is 11.3 Å². The zero-order valence-electron chi connectivity index (χ0n) is 13.7. The van der Waals surface area contributed by atoms with Gasteiger partial charge in [0.25, 0.3) is 11.8 Å². The molecule has 2 rings (SSSR count). The molecule has 0 fully saturated rings. The maximum Gasteiger partial charge on any atom is 0.261 e. The smallest absolute Gasteiger partial charge is 0.261 e. The lowest BCUT2D eigenvalue weighted by molar-refractivity contribution is 0.0945. The molecule has 2 amide bonds. The van der Waals surface area contributed by atoms with Gasteiger partial charge in [0.05, 0.1) is 4.88 Å². The van der Waals surface area contributed by atoms with Gasteiger partial charge in [-0.25, -0.2) is 0 Å². The molecule has 0 radical (unpaired) electrons. The molecule has 2 N–H and O–H groups in total. The second-order valence-electron chi connectivity index (χ2n) is 5.60. The van der Waals surface area contributed by atoms with Crippen molar-refractivity contribution in [2.45, 2.75) is 33.2 Å². The molecule has 0 atom stereocenters. The number of nitrogens with one attached hydrogen (secondary N) is 2. The van der Waals surface area contributed by atoms with Crippen LogP contribution in [0.15, 0.2) is 35.7 Å². The maximum absolute atomic E-state index is 12.3. The average Bonchev–Trinajstić information content (AvgIpc) is 3.03. The monoisotopic (exact) mass is 330 g/mol. The van der Waals surface area contributed by atoms with Crippen molar-refractivity contribution in [1.29, 1.82) is 0 Å². The van der Waals surface area contributed by atoms with E-state index < -0.39 is 0 Å². The van der Waals surface area contributed by atoms with E-state index in [1.54, 1.807) is 12.1 Å². The summed E-state index contributed by atoms with van der Waals surface area (Å²) in [5, 5.41) is 7.65. The van der Waals surface area contributed by atoms with Gasteiger partial charge in [-0.2, -0.15) is 0 Å². The van der Waals surface area contributed by atoms with Crippen molar-refractivity contribution < 1.29 is 9.59 Å². The minimum atomic E-state index is -0.0803. The standard InChI is InChI=1S/C18H22N2O2S/c1-4-19-17(21)14-7-5-13(6-8-14)11-20-18(22)16-15(12(2)3)9-10-23-16/h5-10,12H,4,11H2,1-3H3,(H,19,21)(H,20,22). The van der Waals surface area contributed by atoms with Gasteiger partial charge in [0, 0.05) is 18.7 Å². The number of carbonyl (C=O) groups excluding carboxylic acids is 2. The van der Waals surface area contributed by atoms with Crippen LogP contribution in [0.4, 0.5) is 0 Å². The van der Waals surface area contributed by atoms with Gasteiger partial charge in [-0.1, -0.05) is 26.0 Å². The lowest BCUT2D eigenvalue weighted by Crippen LogP contribution is -2.24. The lowest BCUT2D eigenvalue weighted by atomic mass is 10.0. The Balaban J connectivity index is 1.96. The maximum atomic E-state index is 12.3. The minimum absolute atomic E-state index is 0.0449. The summed E-state index contributed by atoms with van der Waals surface area (Å²) in [6, 6.07) is 9.28. The van der Waals surface area contributed by atoms with Gasteiger partial charge in [0.2, 0.25) is 0 Å².